The van der Waals surface area contributed by atoms with Crippen molar-refractivity contribution in [3.05, 3.63) is 125 Å². The number of hydrogen-bond donors (Lipinski definition) is 0. The van der Waals surface area contributed by atoms with Gasteiger partial charge >= 0.3 is 0 Å². The van der Waals surface area contributed by atoms with Crippen LogP contribution in [-0.2, 0) is 9.59 Å². The number of carbonyl (C=O) groups excluding carboxylic acids is 2. The highest BCUT2D eigenvalue weighted by Crippen LogP contribution is 2.22. The van der Waals surface area contributed by atoms with Crippen LogP contribution in [0.2, 0.25) is 0 Å². The number of rotatable bonds is 4. The van der Waals surface area contributed by atoms with E-state index < -0.39 is 0 Å². The van der Waals surface area contributed by atoms with E-state index in [0.29, 0.717) is 11.1 Å². The normalized spacial score (nSPS) is 16.9. The van der Waals surface area contributed by atoms with Crippen molar-refractivity contribution in [1.82, 2.24) is 4.90 Å². The van der Waals surface area contributed by atoms with E-state index >= 15 is 0 Å². The molecule has 0 radical (unpaired) electrons. The molecule has 3 heteroatoms. The van der Waals surface area contributed by atoms with Gasteiger partial charge in [-0.25, -0.2) is 0 Å². The summed E-state index contributed by atoms with van der Waals surface area (Å²) in [5.74, 6) is -0.127. The van der Waals surface area contributed by atoms with Crippen LogP contribution in [0.4, 0.5) is 0 Å². The average Bonchev–Trinajstić information content (AvgIpc) is 2.82. The molecule has 3 aromatic carbocycles. The number of ketones is 1. The minimum Gasteiger partial charge on any atom is -0.330 e. The van der Waals surface area contributed by atoms with Crippen molar-refractivity contribution in [2.75, 3.05) is 13.1 Å². The fourth-order valence-electron chi connectivity index (χ4n) is 3.53. The predicted molar refractivity (Wildman–Crippen MR) is 126 cm³/mol. The summed E-state index contributed by atoms with van der Waals surface area (Å²) in [7, 11) is 0. The van der Waals surface area contributed by atoms with Gasteiger partial charge in [0.1, 0.15) is 0 Å². The van der Waals surface area contributed by atoms with Crippen LogP contribution in [0.1, 0.15) is 16.7 Å². The van der Waals surface area contributed by atoms with Gasteiger partial charge in [0, 0.05) is 17.2 Å². The van der Waals surface area contributed by atoms with E-state index in [4.69, 9.17) is 0 Å². The van der Waals surface area contributed by atoms with Crippen molar-refractivity contribution in [2.45, 2.75) is 0 Å². The van der Waals surface area contributed by atoms with Crippen molar-refractivity contribution in [3.8, 4) is 0 Å². The first-order valence-electron chi connectivity index (χ1n) is 10.3. The largest absolute Gasteiger partial charge is 0.330 e. The van der Waals surface area contributed by atoms with Gasteiger partial charge in [0.2, 0.25) is 5.91 Å². The van der Waals surface area contributed by atoms with Crippen LogP contribution in [0.5, 0.6) is 0 Å². The molecule has 1 amide bonds. The van der Waals surface area contributed by atoms with Crippen LogP contribution in [0.15, 0.2) is 108 Å². The number of carbonyl (C=O) groups is 2. The Morgan fingerprint density at radius 1 is 0.645 bits per heavy atom. The van der Waals surface area contributed by atoms with Crippen LogP contribution in [0, 0.1) is 0 Å². The van der Waals surface area contributed by atoms with Crippen molar-refractivity contribution < 1.29 is 9.59 Å². The van der Waals surface area contributed by atoms with Gasteiger partial charge in [-0.05, 0) is 34.9 Å². The highest BCUT2D eigenvalue weighted by molar-refractivity contribution is 6.15. The van der Waals surface area contributed by atoms with Crippen molar-refractivity contribution in [1.29, 1.82) is 0 Å². The lowest BCUT2D eigenvalue weighted by molar-refractivity contribution is -0.126. The monoisotopic (exact) mass is 405 g/mol. The van der Waals surface area contributed by atoms with E-state index in [1.54, 1.807) is 17.1 Å². The third kappa shape index (κ3) is 5.34. The van der Waals surface area contributed by atoms with Crippen molar-refractivity contribution >= 4 is 29.9 Å². The summed E-state index contributed by atoms with van der Waals surface area (Å²) in [6.45, 7) is 0.579. The second kappa shape index (κ2) is 9.68. The van der Waals surface area contributed by atoms with E-state index in [-0.39, 0.29) is 24.8 Å². The minimum absolute atomic E-state index is 0.0104. The second-order valence-corrected chi connectivity index (χ2v) is 7.43. The SMILES string of the molecule is O=C1C(=Cc2ccccc2)CN(C(=O)C=Cc2ccccc2)CC1=Cc1ccccc1. The first kappa shape index (κ1) is 20.3. The zero-order chi connectivity index (χ0) is 21.5. The molecule has 1 aliphatic rings. The number of benzene rings is 3. The maximum Gasteiger partial charge on any atom is 0.247 e. The average molecular weight is 405 g/mol. The number of nitrogens with zero attached hydrogens (tertiary/aromatic N) is 1. The van der Waals surface area contributed by atoms with Crippen LogP contribution in [0.3, 0.4) is 0 Å². The fourth-order valence-corrected chi connectivity index (χ4v) is 3.53. The number of hydrogen-bond acceptors (Lipinski definition) is 2. The summed E-state index contributed by atoms with van der Waals surface area (Å²) < 4.78 is 0. The third-order valence-corrected chi connectivity index (χ3v) is 5.12. The maximum absolute atomic E-state index is 13.2. The summed E-state index contributed by atoms with van der Waals surface area (Å²) >= 11 is 0. The molecular formula is C28H23NO2. The second-order valence-electron chi connectivity index (χ2n) is 7.43. The number of likely N-dealkylation sites (tertiary alicyclic amines) is 1. The molecule has 1 heterocycles. The maximum atomic E-state index is 13.2. The Morgan fingerprint density at radius 3 is 1.52 bits per heavy atom. The van der Waals surface area contributed by atoms with Gasteiger partial charge in [-0.15, -0.1) is 0 Å². The molecule has 0 bridgehead atoms. The third-order valence-electron chi connectivity index (χ3n) is 5.12. The molecule has 1 fully saturated rings. The zero-order valence-corrected chi connectivity index (χ0v) is 17.1. The van der Waals surface area contributed by atoms with Gasteiger partial charge in [0.05, 0.1) is 13.1 Å². The highest BCUT2D eigenvalue weighted by Gasteiger charge is 2.28. The van der Waals surface area contributed by atoms with Crippen LogP contribution < -0.4 is 0 Å². The molecule has 152 valence electrons. The summed E-state index contributed by atoms with van der Waals surface area (Å²) in [4.78, 5) is 27.8. The Morgan fingerprint density at radius 2 is 1.06 bits per heavy atom. The molecular weight excluding hydrogens is 382 g/mol. The lowest BCUT2D eigenvalue weighted by Crippen LogP contribution is -2.40. The van der Waals surface area contributed by atoms with Crippen molar-refractivity contribution in [2.24, 2.45) is 0 Å². The molecule has 31 heavy (non-hydrogen) atoms. The van der Waals surface area contributed by atoms with Gasteiger partial charge in [0.15, 0.2) is 5.78 Å². The summed E-state index contributed by atoms with van der Waals surface area (Å²) in [5, 5.41) is 0. The van der Waals surface area contributed by atoms with Gasteiger partial charge in [0.25, 0.3) is 0 Å². The van der Waals surface area contributed by atoms with E-state index in [2.05, 4.69) is 0 Å². The number of amides is 1. The minimum atomic E-state index is -0.116. The Hall–Kier alpha value is -3.98. The number of Topliss-reactive ketones (excluding diaryl/α,β-unsaturated/α-hetero) is 1. The van der Waals surface area contributed by atoms with Gasteiger partial charge in [-0.1, -0.05) is 91.0 Å². The molecule has 0 saturated carbocycles. The Kier molecular flexibility index (Phi) is 6.34. The predicted octanol–water partition coefficient (Wildman–Crippen LogP) is 5.28. The van der Waals surface area contributed by atoms with Crippen molar-refractivity contribution in [3.63, 3.8) is 0 Å². The smallest absolute Gasteiger partial charge is 0.247 e. The molecule has 0 atom stereocenters. The molecule has 3 aromatic rings. The summed E-state index contributed by atoms with van der Waals surface area (Å²) in [6, 6.07) is 29.2. The van der Waals surface area contributed by atoms with Gasteiger partial charge in [-0.2, -0.15) is 0 Å². The first-order chi connectivity index (χ1) is 15.2. The molecule has 0 aromatic heterocycles. The van der Waals surface area contributed by atoms with E-state index in [1.807, 2.05) is 103 Å². The molecule has 0 unspecified atom stereocenters. The standard InChI is InChI=1S/C28H23NO2/c30-27(17-16-22-10-4-1-5-11-22)29-20-25(18-23-12-6-2-7-13-23)28(31)26(21-29)19-24-14-8-3-9-15-24/h1-19H,20-21H2. The lowest BCUT2D eigenvalue weighted by atomic mass is 9.94. The van der Waals surface area contributed by atoms with Gasteiger partial charge < -0.3 is 4.90 Å². The van der Waals surface area contributed by atoms with Crippen LogP contribution in [0.25, 0.3) is 18.2 Å². The quantitative estimate of drug-likeness (QED) is 0.554. The fraction of sp³-hybridized carbons (Fsp3) is 0.0714. The highest BCUT2D eigenvalue weighted by atomic mass is 16.2. The molecule has 0 N–H and O–H groups in total. The molecule has 1 saturated heterocycles. The van der Waals surface area contributed by atoms with E-state index in [1.165, 1.54) is 0 Å². The molecule has 0 spiro atoms. The topological polar surface area (TPSA) is 37.4 Å². The summed E-state index contributed by atoms with van der Waals surface area (Å²) in [6.07, 6.45) is 7.13. The first-order valence-corrected chi connectivity index (χ1v) is 10.3. The van der Waals surface area contributed by atoms with Gasteiger partial charge in [-0.3, -0.25) is 9.59 Å². The Labute approximate surface area is 182 Å². The number of piperidine rings is 1. The van der Waals surface area contributed by atoms with Crippen LogP contribution >= 0.6 is 0 Å². The Balaban J connectivity index is 1.64. The zero-order valence-electron chi connectivity index (χ0n) is 17.1. The van der Waals surface area contributed by atoms with E-state index in [0.717, 1.165) is 16.7 Å². The molecule has 0 aliphatic carbocycles. The lowest BCUT2D eigenvalue weighted by Gasteiger charge is -2.29. The Bertz CT molecular complexity index is 1080. The van der Waals surface area contributed by atoms with E-state index in [9.17, 15) is 9.59 Å². The van der Waals surface area contributed by atoms with Crippen LogP contribution in [-0.4, -0.2) is 29.7 Å². The molecule has 4 rings (SSSR count). The molecule has 3 nitrogen and oxygen atoms in total. The molecule has 1 aliphatic heterocycles. The summed E-state index contributed by atoms with van der Waals surface area (Å²) in [5.41, 5.74) is 4.07.